The van der Waals surface area contributed by atoms with Crippen molar-refractivity contribution in [3.63, 3.8) is 0 Å². The smallest absolute Gasteiger partial charge is 0.268 e. The predicted octanol–water partition coefficient (Wildman–Crippen LogP) is 5.17. The third-order valence-corrected chi connectivity index (χ3v) is 5.58. The van der Waals surface area contributed by atoms with Crippen LogP contribution < -0.4 is 10.2 Å². The van der Waals surface area contributed by atoms with Crippen LogP contribution >= 0.6 is 11.6 Å². The van der Waals surface area contributed by atoms with Crippen molar-refractivity contribution in [1.29, 1.82) is 0 Å². The fourth-order valence-electron chi connectivity index (χ4n) is 3.77. The second-order valence-electron chi connectivity index (χ2n) is 7.69. The molecule has 3 N–H and O–H groups in total. The van der Waals surface area contributed by atoms with E-state index in [0.29, 0.717) is 5.69 Å². The molecule has 0 aliphatic carbocycles. The lowest BCUT2D eigenvalue weighted by atomic mass is 10.1. The Morgan fingerprint density at radius 1 is 1.12 bits per heavy atom. The van der Waals surface area contributed by atoms with Crippen molar-refractivity contribution in [2.45, 2.75) is 47.0 Å². The Bertz CT molecular complexity index is 1020. The number of halogens is 1. The van der Waals surface area contributed by atoms with Gasteiger partial charge in [0, 0.05) is 42.1 Å². The molecule has 1 fully saturated rings. The number of rotatable bonds is 5. The Balaban J connectivity index is 0.000000384. The van der Waals surface area contributed by atoms with Gasteiger partial charge in [-0.2, -0.15) is 0 Å². The molecule has 0 radical (unpaired) electrons. The summed E-state index contributed by atoms with van der Waals surface area (Å²) in [5, 5.41) is 12.4. The highest BCUT2D eigenvalue weighted by molar-refractivity contribution is 6.30. The number of carbonyl (C=O) groups is 1. The third-order valence-electron chi connectivity index (χ3n) is 5.33. The van der Waals surface area contributed by atoms with E-state index in [1.165, 1.54) is 19.3 Å². The van der Waals surface area contributed by atoms with Crippen molar-refractivity contribution in [2.75, 3.05) is 31.1 Å². The summed E-state index contributed by atoms with van der Waals surface area (Å²) in [4.78, 5) is 26.8. The average molecular weight is 486 g/mol. The molecule has 0 atom stereocenters. The average Bonchev–Trinajstić information content (AvgIpc) is 3.19. The quantitative estimate of drug-likeness (QED) is 0.463. The number of benzene rings is 1. The molecule has 34 heavy (non-hydrogen) atoms. The maximum atomic E-state index is 12.2. The normalized spacial score (nSPS) is 12.7. The van der Waals surface area contributed by atoms with Crippen LogP contribution in [0.4, 0.5) is 5.95 Å². The highest BCUT2D eigenvalue weighted by Crippen LogP contribution is 2.29. The van der Waals surface area contributed by atoms with Crippen LogP contribution in [0.1, 0.15) is 54.9 Å². The topological polar surface area (TPSA) is 94.1 Å². The fourth-order valence-corrected chi connectivity index (χ4v) is 3.91. The molecule has 4 rings (SSSR count). The first kappa shape index (κ1) is 27.3. The zero-order chi connectivity index (χ0) is 24.9. The van der Waals surface area contributed by atoms with Gasteiger partial charge in [0.2, 0.25) is 5.95 Å². The number of aromatic nitrogens is 3. The summed E-state index contributed by atoms with van der Waals surface area (Å²) in [6.07, 6.45) is 5.39. The third kappa shape index (κ3) is 7.57. The molecule has 184 valence electrons. The van der Waals surface area contributed by atoms with E-state index in [2.05, 4.69) is 20.2 Å². The van der Waals surface area contributed by atoms with Crippen LogP contribution in [0.2, 0.25) is 5.02 Å². The van der Waals surface area contributed by atoms with Crippen molar-refractivity contribution in [1.82, 2.24) is 20.3 Å². The van der Waals surface area contributed by atoms with Crippen LogP contribution in [0.25, 0.3) is 11.3 Å². The van der Waals surface area contributed by atoms with Crippen LogP contribution in [-0.4, -0.2) is 52.2 Å². The molecule has 7 nitrogen and oxygen atoms in total. The molecule has 1 aromatic carbocycles. The molecular weight excluding hydrogens is 450 g/mol. The molecule has 1 aliphatic heterocycles. The Labute approximate surface area is 207 Å². The zero-order valence-electron chi connectivity index (χ0n) is 20.6. The lowest BCUT2D eigenvalue weighted by Crippen LogP contribution is -2.31. The molecule has 1 saturated heterocycles. The number of anilines is 1. The van der Waals surface area contributed by atoms with Gasteiger partial charge in [0.05, 0.1) is 12.3 Å². The van der Waals surface area contributed by atoms with Gasteiger partial charge in [-0.1, -0.05) is 43.6 Å². The lowest BCUT2D eigenvalue weighted by molar-refractivity contribution is 0.0939. The second kappa shape index (κ2) is 14.4. The van der Waals surface area contributed by atoms with Gasteiger partial charge in [0.15, 0.2) is 0 Å². The first-order valence-corrected chi connectivity index (χ1v) is 12.3. The largest absolute Gasteiger partial charge is 0.395 e. The van der Waals surface area contributed by atoms with Crippen molar-refractivity contribution in [3.8, 4) is 11.3 Å². The predicted molar refractivity (Wildman–Crippen MR) is 140 cm³/mol. The van der Waals surface area contributed by atoms with E-state index in [1.807, 2.05) is 64.1 Å². The van der Waals surface area contributed by atoms with E-state index in [-0.39, 0.29) is 19.1 Å². The van der Waals surface area contributed by atoms with Crippen molar-refractivity contribution in [3.05, 3.63) is 64.6 Å². The molecule has 2 aromatic heterocycles. The van der Waals surface area contributed by atoms with E-state index in [9.17, 15) is 4.79 Å². The summed E-state index contributed by atoms with van der Waals surface area (Å²) in [6.45, 7) is 9.98. The Morgan fingerprint density at radius 3 is 2.38 bits per heavy atom. The summed E-state index contributed by atoms with van der Waals surface area (Å²) in [5.41, 5.74) is 4.03. The van der Waals surface area contributed by atoms with Crippen molar-refractivity contribution < 1.29 is 9.90 Å². The molecule has 8 heteroatoms. The van der Waals surface area contributed by atoms with Crippen LogP contribution in [0.15, 0.2) is 42.6 Å². The number of H-pyrrole nitrogens is 1. The number of nitrogens with one attached hydrogen (secondary N) is 2. The van der Waals surface area contributed by atoms with Gasteiger partial charge in [-0.05, 0) is 56.9 Å². The Morgan fingerprint density at radius 2 is 1.79 bits per heavy atom. The number of aromatic amines is 1. The maximum absolute atomic E-state index is 12.2. The highest BCUT2D eigenvalue weighted by Gasteiger charge is 2.20. The van der Waals surface area contributed by atoms with E-state index in [0.717, 1.165) is 46.6 Å². The molecular formula is C26H36ClN5O2. The van der Waals surface area contributed by atoms with Crippen molar-refractivity contribution >= 4 is 23.5 Å². The summed E-state index contributed by atoms with van der Waals surface area (Å²) < 4.78 is 0. The van der Waals surface area contributed by atoms with Gasteiger partial charge in [0.1, 0.15) is 5.69 Å². The number of hydrogen-bond donors (Lipinski definition) is 3. The van der Waals surface area contributed by atoms with E-state index >= 15 is 0 Å². The number of nitrogens with zero attached hydrogens (tertiary/aromatic N) is 3. The van der Waals surface area contributed by atoms with Gasteiger partial charge in [0.25, 0.3) is 5.91 Å². The summed E-state index contributed by atoms with van der Waals surface area (Å²) in [5.74, 6) is 0.537. The molecule has 0 unspecified atom stereocenters. The van der Waals surface area contributed by atoms with Gasteiger partial charge < -0.3 is 20.3 Å². The summed E-state index contributed by atoms with van der Waals surface area (Å²) in [6, 6.07) is 11.3. The second-order valence-corrected chi connectivity index (χ2v) is 8.13. The molecule has 3 aromatic rings. The maximum Gasteiger partial charge on any atom is 0.268 e. The zero-order valence-corrected chi connectivity index (χ0v) is 21.3. The number of aliphatic hydroxyl groups excluding tert-OH is 1. The number of aryl methyl sites for hydroxylation is 1. The number of aliphatic hydroxyl groups is 1. The van der Waals surface area contributed by atoms with E-state index in [1.54, 1.807) is 6.20 Å². The minimum atomic E-state index is -0.216. The fraction of sp³-hybridized carbons (Fsp3) is 0.423. The highest BCUT2D eigenvalue weighted by atomic mass is 35.5. The Kier molecular flexibility index (Phi) is 11.6. The molecule has 0 saturated carbocycles. The van der Waals surface area contributed by atoms with E-state index < -0.39 is 0 Å². The minimum Gasteiger partial charge on any atom is -0.395 e. The molecule has 1 amide bonds. The van der Waals surface area contributed by atoms with Crippen molar-refractivity contribution in [2.24, 2.45) is 0 Å². The SMILES string of the molecule is CC.Cc1[nH]c(C(=O)NCCO)c(C)c1-c1ccnc(N2CCCCC2)n1.Clc1ccccc1. The molecule has 0 spiro atoms. The number of carbonyl (C=O) groups excluding carboxylic acids is 1. The van der Waals surface area contributed by atoms with Crippen LogP contribution in [0.5, 0.6) is 0 Å². The number of piperidine rings is 1. The molecule has 1 aliphatic rings. The van der Waals surface area contributed by atoms with Crippen LogP contribution in [-0.2, 0) is 0 Å². The Hall–Kier alpha value is -2.90. The first-order chi connectivity index (χ1) is 16.5. The number of amides is 1. The minimum absolute atomic E-state index is 0.0809. The first-order valence-electron chi connectivity index (χ1n) is 11.9. The summed E-state index contributed by atoms with van der Waals surface area (Å²) >= 11 is 5.54. The van der Waals surface area contributed by atoms with Gasteiger partial charge >= 0.3 is 0 Å². The summed E-state index contributed by atoms with van der Waals surface area (Å²) in [7, 11) is 0. The number of hydrogen-bond acceptors (Lipinski definition) is 5. The lowest BCUT2D eigenvalue weighted by Gasteiger charge is -2.26. The van der Waals surface area contributed by atoms with Crippen LogP contribution in [0.3, 0.4) is 0 Å². The standard InChI is InChI=1S/C18H25N5O2.C6H5Cl.C2H6/c1-12-15(13(2)21-16(12)17(25)19-8-11-24)14-6-7-20-18(22-14)23-9-4-3-5-10-23;7-6-4-2-1-3-5-6;1-2/h6-7,21,24H,3-5,8-11H2,1-2H3,(H,19,25);1-5H;1-2H3. The van der Waals surface area contributed by atoms with Gasteiger partial charge in [-0.25, -0.2) is 9.97 Å². The molecule has 3 heterocycles. The van der Waals surface area contributed by atoms with E-state index in [4.69, 9.17) is 21.7 Å². The molecule has 0 bridgehead atoms. The van der Waals surface area contributed by atoms with Crippen LogP contribution in [0, 0.1) is 13.8 Å². The monoisotopic (exact) mass is 485 g/mol. The van der Waals surface area contributed by atoms with Gasteiger partial charge in [-0.3, -0.25) is 4.79 Å². The van der Waals surface area contributed by atoms with Gasteiger partial charge in [-0.15, -0.1) is 0 Å².